The molecule has 8 nitrogen and oxygen atoms in total. The van der Waals surface area contributed by atoms with Crippen molar-refractivity contribution < 1.29 is 13.7 Å². The third-order valence-corrected chi connectivity index (χ3v) is 4.43. The molecule has 1 aliphatic rings. The number of hydrogen-bond donors (Lipinski definition) is 0. The average molecular weight is 329 g/mol. The summed E-state index contributed by atoms with van der Waals surface area (Å²) in [6.45, 7) is 1.47. The summed E-state index contributed by atoms with van der Waals surface area (Å²) in [5, 5.41) is 12.4. The van der Waals surface area contributed by atoms with E-state index >= 15 is 0 Å². The van der Waals surface area contributed by atoms with E-state index in [0.29, 0.717) is 18.1 Å². The highest BCUT2D eigenvalue weighted by molar-refractivity contribution is 5.49. The van der Waals surface area contributed by atoms with Gasteiger partial charge in [0.25, 0.3) is 0 Å². The largest absolute Gasteiger partial charge is 0.461 e. The molecule has 0 saturated carbocycles. The normalized spacial score (nSPS) is 21.6. The van der Waals surface area contributed by atoms with Gasteiger partial charge in [-0.25, -0.2) is 0 Å². The van der Waals surface area contributed by atoms with Crippen LogP contribution in [-0.4, -0.2) is 44.6 Å². The molecule has 24 heavy (non-hydrogen) atoms. The molecule has 0 amide bonds. The summed E-state index contributed by atoms with van der Waals surface area (Å²) in [7, 11) is 3.70. The number of rotatable bonds is 5. The summed E-state index contributed by atoms with van der Waals surface area (Å²) < 4.78 is 18.2. The third kappa shape index (κ3) is 2.74. The molecule has 0 aromatic carbocycles. The lowest BCUT2D eigenvalue weighted by Gasteiger charge is -2.21. The second kappa shape index (κ2) is 6.21. The molecule has 8 heteroatoms. The predicted molar refractivity (Wildman–Crippen MR) is 83.8 cm³/mol. The van der Waals surface area contributed by atoms with Gasteiger partial charge in [-0.15, -0.1) is 10.2 Å². The second-order valence-electron chi connectivity index (χ2n) is 6.00. The van der Waals surface area contributed by atoms with E-state index in [4.69, 9.17) is 13.7 Å². The van der Waals surface area contributed by atoms with Crippen molar-refractivity contribution in [3.63, 3.8) is 0 Å². The fourth-order valence-corrected chi connectivity index (χ4v) is 3.20. The highest BCUT2D eigenvalue weighted by Crippen LogP contribution is 2.33. The minimum Gasteiger partial charge on any atom is -0.461 e. The van der Waals surface area contributed by atoms with Gasteiger partial charge in [0.1, 0.15) is 12.2 Å². The molecule has 3 aromatic heterocycles. The number of aryl methyl sites for hydroxylation is 1. The van der Waals surface area contributed by atoms with Gasteiger partial charge >= 0.3 is 0 Å². The molecule has 4 rings (SSSR count). The van der Waals surface area contributed by atoms with Crippen molar-refractivity contribution in [1.82, 2.24) is 24.8 Å². The van der Waals surface area contributed by atoms with Crippen molar-refractivity contribution >= 4 is 0 Å². The summed E-state index contributed by atoms with van der Waals surface area (Å²) in [6, 6.07) is 5.73. The highest BCUT2D eigenvalue weighted by Gasteiger charge is 2.36. The first-order valence-corrected chi connectivity index (χ1v) is 7.85. The van der Waals surface area contributed by atoms with Crippen molar-refractivity contribution in [1.29, 1.82) is 0 Å². The van der Waals surface area contributed by atoms with E-state index < -0.39 is 0 Å². The lowest BCUT2D eigenvalue weighted by atomic mass is 10.2. The Bertz CT molecular complexity index is 794. The van der Waals surface area contributed by atoms with Crippen LogP contribution in [0.15, 0.2) is 39.7 Å². The molecular formula is C16H19N5O3. The van der Waals surface area contributed by atoms with Crippen LogP contribution in [0.5, 0.6) is 0 Å². The summed E-state index contributed by atoms with van der Waals surface area (Å²) in [6.07, 6.45) is 4.39. The van der Waals surface area contributed by atoms with Gasteiger partial charge in [0, 0.05) is 33.3 Å². The Balaban J connectivity index is 1.54. The molecule has 1 aliphatic heterocycles. The Kier molecular flexibility index (Phi) is 3.91. The maximum atomic E-state index is 5.55. The van der Waals surface area contributed by atoms with Crippen molar-refractivity contribution in [3.05, 3.63) is 42.3 Å². The zero-order chi connectivity index (χ0) is 16.5. The first-order chi connectivity index (χ1) is 11.7. The average Bonchev–Trinajstić information content (AvgIpc) is 3.34. The lowest BCUT2D eigenvalue weighted by Crippen LogP contribution is -2.26. The fraction of sp³-hybridized carbons (Fsp3) is 0.438. The van der Waals surface area contributed by atoms with Crippen LogP contribution in [-0.2, 0) is 18.3 Å². The van der Waals surface area contributed by atoms with E-state index in [9.17, 15) is 0 Å². The van der Waals surface area contributed by atoms with Crippen molar-refractivity contribution in [3.8, 4) is 11.5 Å². The van der Waals surface area contributed by atoms with Crippen molar-refractivity contribution in [2.75, 3.05) is 13.7 Å². The van der Waals surface area contributed by atoms with E-state index in [1.165, 1.54) is 0 Å². The molecule has 4 heterocycles. The smallest absolute Gasteiger partial charge is 0.202 e. The number of hydrogen-bond acceptors (Lipinski definition) is 7. The first-order valence-electron chi connectivity index (χ1n) is 7.85. The number of ether oxygens (including phenoxy) is 1. The van der Waals surface area contributed by atoms with Crippen LogP contribution < -0.4 is 0 Å². The van der Waals surface area contributed by atoms with Crippen LogP contribution in [0.25, 0.3) is 11.5 Å². The number of likely N-dealkylation sites (tertiary alicyclic amines) is 1. The summed E-state index contributed by atoms with van der Waals surface area (Å²) in [5.74, 6) is 2.24. The lowest BCUT2D eigenvalue weighted by molar-refractivity contribution is 0.107. The number of nitrogens with zero attached hydrogens (tertiary/aromatic N) is 5. The summed E-state index contributed by atoms with van der Waals surface area (Å²) in [4.78, 5) is 2.29. The quantitative estimate of drug-likeness (QED) is 0.708. The van der Waals surface area contributed by atoms with E-state index in [2.05, 4.69) is 20.3 Å². The van der Waals surface area contributed by atoms with E-state index in [0.717, 1.165) is 24.5 Å². The van der Waals surface area contributed by atoms with Crippen LogP contribution >= 0.6 is 0 Å². The summed E-state index contributed by atoms with van der Waals surface area (Å²) >= 11 is 0. The molecule has 0 spiro atoms. The van der Waals surface area contributed by atoms with E-state index in [-0.39, 0.29) is 12.1 Å². The molecule has 3 aromatic rings. The maximum absolute atomic E-state index is 5.55. The van der Waals surface area contributed by atoms with Gasteiger partial charge in [0.15, 0.2) is 5.76 Å². The minimum atomic E-state index is 0.145. The predicted octanol–water partition coefficient (Wildman–Crippen LogP) is 2.03. The third-order valence-electron chi connectivity index (χ3n) is 4.43. The molecule has 0 radical (unpaired) electrons. The summed E-state index contributed by atoms with van der Waals surface area (Å²) in [5.41, 5.74) is 0.852. The Morgan fingerprint density at radius 3 is 3.00 bits per heavy atom. The maximum Gasteiger partial charge on any atom is 0.202 e. The Morgan fingerprint density at radius 2 is 2.29 bits per heavy atom. The van der Waals surface area contributed by atoms with Crippen LogP contribution in [0.2, 0.25) is 0 Å². The van der Waals surface area contributed by atoms with Crippen molar-refractivity contribution in [2.24, 2.45) is 7.05 Å². The topological polar surface area (TPSA) is 82.4 Å². The molecule has 0 unspecified atom stereocenters. The Labute approximate surface area is 139 Å². The Hall–Kier alpha value is -2.45. The first kappa shape index (κ1) is 15.1. The second-order valence-corrected chi connectivity index (χ2v) is 6.00. The number of furan rings is 1. The standard InChI is InChI=1S/C16H19N5O3/c1-20-10-17-18-16(20)13-7-12(22-2)9-21(13)8-11-6-15(24-19-11)14-4-3-5-23-14/h3-6,10,12-13H,7-9H2,1-2H3/t12-,13+/m1/s1. The van der Waals surface area contributed by atoms with E-state index in [1.54, 1.807) is 19.7 Å². The molecule has 0 bridgehead atoms. The molecule has 126 valence electrons. The molecule has 2 atom stereocenters. The van der Waals surface area contributed by atoms with Gasteiger partial charge in [-0.3, -0.25) is 4.90 Å². The number of methoxy groups -OCH3 is 1. The minimum absolute atomic E-state index is 0.145. The van der Waals surface area contributed by atoms with Crippen LogP contribution in [0, 0.1) is 0 Å². The van der Waals surface area contributed by atoms with Gasteiger partial charge in [0.05, 0.1) is 24.1 Å². The molecule has 1 saturated heterocycles. The monoisotopic (exact) mass is 329 g/mol. The van der Waals surface area contributed by atoms with Gasteiger partial charge in [-0.2, -0.15) is 0 Å². The zero-order valence-corrected chi connectivity index (χ0v) is 13.6. The Morgan fingerprint density at radius 1 is 1.38 bits per heavy atom. The zero-order valence-electron chi connectivity index (χ0n) is 13.6. The number of aromatic nitrogens is 4. The fourth-order valence-electron chi connectivity index (χ4n) is 3.20. The van der Waals surface area contributed by atoms with Gasteiger partial charge in [-0.1, -0.05) is 5.16 Å². The highest BCUT2D eigenvalue weighted by atomic mass is 16.5. The molecule has 0 N–H and O–H groups in total. The van der Waals surface area contributed by atoms with Crippen LogP contribution in [0.1, 0.15) is 24.0 Å². The molecule has 0 aliphatic carbocycles. The van der Waals surface area contributed by atoms with Gasteiger partial charge < -0.3 is 18.2 Å². The van der Waals surface area contributed by atoms with E-state index in [1.807, 2.05) is 29.8 Å². The van der Waals surface area contributed by atoms with Gasteiger partial charge in [0.2, 0.25) is 5.76 Å². The molecular weight excluding hydrogens is 310 g/mol. The van der Waals surface area contributed by atoms with Crippen molar-refractivity contribution in [2.45, 2.75) is 25.1 Å². The van der Waals surface area contributed by atoms with Gasteiger partial charge in [-0.05, 0) is 18.6 Å². The SMILES string of the molecule is CO[C@@H]1C[C@@H](c2nncn2C)N(Cc2cc(-c3ccco3)on2)C1. The van der Waals surface area contributed by atoms with Crippen LogP contribution in [0.3, 0.4) is 0 Å². The van der Waals surface area contributed by atoms with Crippen LogP contribution in [0.4, 0.5) is 0 Å². The molecule has 1 fully saturated rings.